The Hall–Kier alpha value is -1.84. The van der Waals surface area contributed by atoms with E-state index in [2.05, 4.69) is 10.5 Å². The quantitative estimate of drug-likeness (QED) is 0.666. The molecule has 1 N–H and O–H groups in total. The van der Waals surface area contributed by atoms with E-state index in [1.54, 1.807) is 31.3 Å². The van der Waals surface area contributed by atoms with Crippen LogP contribution in [0.2, 0.25) is 0 Å². The maximum absolute atomic E-state index is 12.8. The molecule has 152 valence electrons. The van der Waals surface area contributed by atoms with Crippen molar-refractivity contribution >= 4 is 40.7 Å². The van der Waals surface area contributed by atoms with Gasteiger partial charge in [-0.1, -0.05) is 11.2 Å². The second-order valence-corrected chi connectivity index (χ2v) is 9.12. The number of aryl methyl sites for hydroxylation is 1. The maximum atomic E-state index is 12.8. The highest BCUT2D eigenvalue weighted by Crippen LogP contribution is 2.20. The fourth-order valence-corrected chi connectivity index (χ4v) is 4.40. The number of thioether (sulfide) groups is 1. The number of nitrogens with one attached hydrogen (secondary N) is 1. The van der Waals surface area contributed by atoms with Crippen molar-refractivity contribution in [2.45, 2.75) is 44.6 Å². The second kappa shape index (κ2) is 10.1. The molecule has 1 saturated heterocycles. The monoisotopic (exact) mass is 423 g/mol. The fraction of sp³-hybridized carbons (Fsp3) is 0.526. The van der Waals surface area contributed by atoms with Crippen LogP contribution >= 0.6 is 23.1 Å². The van der Waals surface area contributed by atoms with Crippen molar-refractivity contribution in [2.75, 3.05) is 24.2 Å². The van der Waals surface area contributed by atoms with Gasteiger partial charge >= 0.3 is 0 Å². The molecule has 1 aliphatic rings. The second-order valence-electron chi connectivity index (χ2n) is 6.75. The van der Waals surface area contributed by atoms with Crippen molar-refractivity contribution in [3.8, 4) is 0 Å². The molecule has 3 rings (SSSR count). The summed E-state index contributed by atoms with van der Waals surface area (Å²) in [6, 6.07) is 5.68. The first-order valence-electron chi connectivity index (χ1n) is 9.29. The smallest absolute Gasteiger partial charge is 0.238 e. The van der Waals surface area contributed by atoms with Gasteiger partial charge in [-0.3, -0.25) is 9.59 Å². The third-order valence-electron chi connectivity index (χ3n) is 4.43. The molecule has 0 spiro atoms. The van der Waals surface area contributed by atoms with E-state index in [0.717, 1.165) is 24.3 Å². The van der Waals surface area contributed by atoms with E-state index in [1.807, 2.05) is 22.4 Å². The van der Waals surface area contributed by atoms with Crippen LogP contribution < -0.4 is 5.32 Å². The highest BCUT2D eigenvalue weighted by atomic mass is 32.2. The molecule has 2 aromatic heterocycles. The number of carbonyl (C=O) groups is 2. The summed E-state index contributed by atoms with van der Waals surface area (Å²) in [6.07, 6.45) is 2.13. The van der Waals surface area contributed by atoms with Gasteiger partial charge in [-0.2, -0.15) is 0 Å². The lowest BCUT2D eigenvalue weighted by Crippen LogP contribution is -2.38. The summed E-state index contributed by atoms with van der Waals surface area (Å²) in [7, 11) is 0. The van der Waals surface area contributed by atoms with Gasteiger partial charge in [-0.05, 0) is 38.1 Å². The number of nitrogens with zero attached hydrogens (tertiary/aromatic N) is 2. The van der Waals surface area contributed by atoms with Gasteiger partial charge in [0.1, 0.15) is 5.76 Å². The Bertz CT molecular complexity index is 772. The molecule has 0 saturated carbocycles. The largest absolute Gasteiger partial charge is 0.376 e. The number of amides is 2. The minimum Gasteiger partial charge on any atom is -0.376 e. The number of anilines is 1. The third kappa shape index (κ3) is 6.08. The molecule has 0 unspecified atom stereocenters. The molecule has 2 amide bonds. The van der Waals surface area contributed by atoms with E-state index in [4.69, 9.17) is 9.26 Å². The molecule has 3 heterocycles. The lowest BCUT2D eigenvalue weighted by atomic mass is 10.2. The molecule has 2 atom stereocenters. The normalized spacial score (nSPS) is 17.4. The lowest BCUT2D eigenvalue weighted by Gasteiger charge is -2.25. The van der Waals surface area contributed by atoms with Crippen LogP contribution in [0.4, 0.5) is 5.82 Å². The molecular weight excluding hydrogens is 398 g/mol. The van der Waals surface area contributed by atoms with Crippen LogP contribution in [0.25, 0.3) is 0 Å². The average Bonchev–Trinajstić information content (AvgIpc) is 3.43. The zero-order chi connectivity index (χ0) is 19.9. The third-order valence-corrected chi connectivity index (χ3v) is 6.42. The maximum Gasteiger partial charge on any atom is 0.238 e. The number of carbonyl (C=O) groups excluding carboxylic acids is 2. The first-order chi connectivity index (χ1) is 13.5. The summed E-state index contributed by atoms with van der Waals surface area (Å²) in [5.74, 6) is 1.08. The van der Waals surface area contributed by atoms with E-state index in [9.17, 15) is 9.59 Å². The topological polar surface area (TPSA) is 84.7 Å². The predicted octanol–water partition coefficient (Wildman–Crippen LogP) is 3.31. The molecule has 1 fully saturated rings. The number of ether oxygens (including phenoxy) is 1. The van der Waals surface area contributed by atoms with Crippen LogP contribution in [-0.2, 0) is 20.9 Å². The van der Waals surface area contributed by atoms with Gasteiger partial charge in [0.2, 0.25) is 11.8 Å². The Balaban J connectivity index is 1.52. The minimum absolute atomic E-state index is 0.0193. The zero-order valence-corrected chi connectivity index (χ0v) is 17.7. The molecular formula is C19H25N3O4S2. The van der Waals surface area contributed by atoms with Crippen molar-refractivity contribution in [3.05, 3.63) is 34.2 Å². The van der Waals surface area contributed by atoms with Gasteiger partial charge < -0.3 is 19.5 Å². The van der Waals surface area contributed by atoms with Gasteiger partial charge in [-0.25, -0.2) is 0 Å². The van der Waals surface area contributed by atoms with E-state index >= 15 is 0 Å². The molecule has 2 aromatic rings. The number of aromatic nitrogens is 1. The van der Waals surface area contributed by atoms with Crippen LogP contribution in [0.15, 0.2) is 28.1 Å². The number of hydrogen-bond acceptors (Lipinski definition) is 7. The van der Waals surface area contributed by atoms with E-state index in [-0.39, 0.29) is 28.9 Å². The molecule has 0 aliphatic carbocycles. The summed E-state index contributed by atoms with van der Waals surface area (Å²) >= 11 is 2.96. The molecule has 7 nitrogen and oxygen atoms in total. The van der Waals surface area contributed by atoms with Crippen molar-refractivity contribution < 1.29 is 18.8 Å². The average molecular weight is 424 g/mol. The first kappa shape index (κ1) is 20.9. The lowest BCUT2D eigenvalue weighted by molar-refractivity contribution is -0.130. The van der Waals surface area contributed by atoms with Gasteiger partial charge in [0.05, 0.1) is 23.7 Å². The predicted molar refractivity (Wildman–Crippen MR) is 110 cm³/mol. The minimum atomic E-state index is -0.382. The molecule has 0 bridgehead atoms. The van der Waals surface area contributed by atoms with Crippen LogP contribution in [0.3, 0.4) is 0 Å². The summed E-state index contributed by atoms with van der Waals surface area (Å²) in [4.78, 5) is 28.1. The SMILES string of the molecule is Cc1cc(NC(=O)[C@H](C)SCC(=O)N(Cc2cccs2)C[C@@H]2CCCO2)no1. The highest BCUT2D eigenvalue weighted by molar-refractivity contribution is 8.01. The van der Waals surface area contributed by atoms with E-state index < -0.39 is 0 Å². The van der Waals surface area contributed by atoms with Gasteiger partial charge in [0.15, 0.2) is 5.82 Å². The number of thiophene rings is 1. The van der Waals surface area contributed by atoms with Gasteiger partial charge in [0, 0.05) is 24.1 Å². The van der Waals surface area contributed by atoms with Crippen molar-refractivity contribution in [1.29, 1.82) is 0 Å². The van der Waals surface area contributed by atoms with Crippen molar-refractivity contribution in [1.82, 2.24) is 10.1 Å². The zero-order valence-electron chi connectivity index (χ0n) is 16.1. The Morgan fingerprint density at radius 3 is 3.00 bits per heavy atom. The van der Waals surface area contributed by atoms with E-state index in [0.29, 0.717) is 24.7 Å². The fourth-order valence-electron chi connectivity index (χ4n) is 2.90. The molecule has 0 radical (unpaired) electrons. The van der Waals surface area contributed by atoms with Crippen LogP contribution in [0, 0.1) is 6.92 Å². The number of rotatable bonds is 9. The van der Waals surface area contributed by atoms with Gasteiger partial charge in [0.25, 0.3) is 0 Å². The summed E-state index contributed by atoms with van der Waals surface area (Å²) < 4.78 is 10.7. The standard InChI is InChI=1S/C19H25N3O4S2/c1-13-9-17(21-26-13)20-19(24)14(2)28-12-18(23)22(10-15-5-3-7-25-15)11-16-6-4-8-27-16/h4,6,8-9,14-15H,3,5,7,10-12H2,1-2H3,(H,20,21,24)/t14-,15-/m0/s1. The van der Waals surface area contributed by atoms with Crippen molar-refractivity contribution in [3.63, 3.8) is 0 Å². The van der Waals surface area contributed by atoms with Gasteiger partial charge in [-0.15, -0.1) is 23.1 Å². The molecule has 1 aliphatic heterocycles. The Morgan fingerprint density at radius 1 is 1.50 bits per heavy atom. The molecule has 9 heteroatoms. The van der Waals surface area contributed by atoms with Crippen molar-refractivity contribution in [2.24, 2.45) is 0 Å². The summed E-state index contributed by atoms with van der Waals surface area (Å²) in [5.41, 5.74) is 0. The summed E-state index contributed by atoms with van der Waals surface area (Å²) in [5, 5.41) is 8.09. The van der Waals surface area contributed by atoms with Crippen LogP contribution in [-0.4, -0.2) is 52.1 Å². The highest BCUT2D eigenvalue weighted by Gasteiger charge is 2.24. The molecule has 0 aromatic carbocycles. The summed E-state index contributed by atoms with van der Waals surface area (Å²) in [6.45, 7) is 5.48. The first-order valence-corrected chi connectivity index (χ1v) is 11.2. The molecule has 28 heavy (non-hydrogen) atoms. The van der Waals surface area contributed by atoms with E-state index in [1.165, 1.54) is 11.8 Å². The number of hydrogen-bond donors (Lipinski definition) is 1. The van der Waals surface area contributed by atoms with Crippen LogP contribution in [0.5, 0.6) is 0 Å². The Kier molecular flexibility index (Phi) is 7.52. The Labute approximate surface area is 172 Å². The Morgan fingerprint density at radius 2 is 2.36 bits per heavy atom. The van der Waals surface area contributed by atoms with Crippen LogP contribution in [0.1, 0.15) is 30.4 Å².